The number of nitrogens with one attached hydrogen (secondary N) is 1. The van der Waals surface area contributed by atoms with Crippen molar-refractivity contribution in [2.24, 2.45) is 10.9 Å². The van der Waals surface area contributed by atoms with E-state index >= 15 is 0 Å². The molecule has 0 atom stereocenters. The van der Waals surface area contributed by atoms with Crippen molar-refractivity contribution in [1.29, 1.82) is 0 Å². The SMILES string of the molecule is COC(C)(C)CC(=O)NCCC(N)=NO. The lowest BCUT2D eigenvalue weighted by Gasteiger charge is -2.21. The standard InChI is InChI=1S/C9H19N3O3/c1-9(2,15-3)6-8(13)11-5-4-7(10)12-14/h14H,4-6H2,1-3H3,(H2,10,12)(H,11,13). The molecule has 88 valence electrons. The van der Waals surface area contributed by atoms with Crippen molar-refractivity contribution in [2.45, 2.75) is 32.3 Å². The van der Waals surface area contributed by atoms with Crippen LogP contribution in [0.1, 0.15) is 26.7 Å². The van der Waals surface area contributed by atoms with Crippen LogP contribution in [0.15, 0.2) is 5.16 Å². The quantitative estimate of drug-likeness (QED) is 0.253. The molecule has 0 rings (SSSR count). The van der Waals surface area contributed by atoms with Crippen LogP contribution in [0.3, 0.4) is 0 Å². The molecule has 0 spiro atoms. The molecule has 6 nitrogen and oxygen atoms in total. The first-order valence-electron chi connectivity index (χ1n) is 4.69. The molecule has 0 aromatic heterocycles. The molecule has 0 aliphatic carbocycles. The molecule has 0 aliphatic heterocycles. The number of carbonyl (C=O) groups is 1. The lowest BCUT2D eigenvalue weighted by Crippen LogP contribution is -2.35. The Balaban J connectivity index is 3.77. The molecule has 0 radical (unpaired) electrons. The Hall–Kier alpha value is -1.30. The van der Waals surface area contributed by atoms with Gasteiger partial charge in [0.1, 0.15) is 5.84 Å². The summed E-state index contributed by atoms with van der Waals surface area (Å²) in [6, 6.07) is 0. The van der Waals surface area contributed by atoms with E-state index in [4.69, 9.17) is 15.7 Å². The largest absolute Gasteiger partial charge is 0.409 e. The molecular formula is C9H19N3O3. The molecule has 0 aromatic carbocycles. The summed E-state index contributed by atoms with van der Waals surface area (Å²) in [4.78, 5) is 11.4. The summed E-state index contributed by atoms with van der Waals surface area (Å²) in [5.41, 5.74) is 4.77. The topological polar surface area (TPSA) is 96.9 Å². The lowest BCUT2D eigenvalue weighted by atomic mass is 10.1. The van der Waals surface area contributed by atoms with E-state index in [0.29, 0.717) is 13.0 Å². The second-order valence-corrected chi connectivity index (χ2v) is 3.83. The number of nitrogens with two attached hydrogens (primary N) is 1. The van der Waals surface area contributed by atoms with Gasteiger partial charge in [-0.25, -0.2) is 0 Å². The van der Waals surface area contributed by atoms with Gasteiger partial charge in [-0.05, 0) is 13.8 Å². The zero-order valence-corrected chi connectivity index (χ0v) is 9.41. The van der Waals surface area contributed by atoms with Gasteiger partial charge < -0.3 is 21.0 Å². The third-order valence-corrected chi connectivity index (χ3v) is 1.97. The highest BCUT2D eigenvalue weighted by molar-refractivity contribution is 5.81. The Bertz CT molecular complexity index is 239. The van der Waals surface area contributed by atoms with Crippen LogP contribution in [0.2, 0.25) is 0 Å². The molecule has 1 amide bonds. The van der Waals surface area contributed by atoms with Gasteiger partial charge >= 0.3 is 0 Å². The molecular weight excluding hydrogens is 198 g/mol. The Kier molecular flexibility index (Phi) is 5.69. The minimum Gasteiger partial charge on any atom is -0.409 e. The van der Waals surface area contributed by atoms with E-state index in [1.165, 1.54) is 0 Å². The summed E-state index contributed by atoms with van der Waals surface area (Å²) >= 11 is 0. The van der Waals surface area contributed by atoms with Gasteiger partial charge in [0.25, 0.3) is 0 Å². The van der Waals surface area contributed by atoms with Crippen molar-refractivity contribution < 1.29 is 14.7 Å². The Labute approximate surface area is 89.5 Å². The number of hydrogen-bond donors (Lipinski definition) is 3. The second-order valence-electron chi connectivity index (χ2n) is 3.83. The Morgan fingerprint density at radius 3 is 2.67 bits per heavy atom. The van der Waals surface area contributed by atoms with Crippen molar-refractivity contribution in [3.8, 4) is 0 Å². The predicted octanol–water partition coefficient (Wildman–Crippen LogP) is 0.0542. The first-order chi connectivity index (χ1) is 6.91. The van der Waals surface area contributed by atoms with E-state index in [9.17, 15) is 4.79 Å². The second kappa shape index (κ2) is 6.23. The zero-order chi connectivity index (χ0) is 11.9. The van der Waals surface area contributed by atoms with Gasteiger partial charge in [0.2, 0.25) is 5.91 Å². The van der Waals surface area contributed by atoms with Crippen LogP contribution in [0.4, 0.5) is 0 Å². The number of ether oxygens (including phenoxy) is 1. The average Bonchev–Trinajstić information content (AvgIpc) is 2.16. The first-order valence-corrected chi connectivity index (χ1v) is 4.69. The molecule has 0 fully saturated rings. The van der Waals surface area contributed by atoms with Crippen LogP contribution < -0.4 is 11.1 Å². The molecule has 0 aromatic rings. The summed E-state index contributed by atoms with van der Waals surface area (Å²) in [6.07, 6.45) is 0.606. The number of oxime groups is 1. The van der Waals surface area contributed by atoms with Gasteiger partial charge in [0.05, 0.1) is 12.0 Å². The van der Waals surface area contributed by atoms with Crippen LogP contribution in [0, 0.1) is 0 Å². The van der Waals surface area contributed by atoms with E-state index in [2.05, 4.69) is 10.5 Å². The smallest absolute Gasteiger partial charge is 0.222 e. The van der Waals surface area contributed by atoms with Crippen LogP contribution in [-0.4, -0.2) is 36.2 Å². The summed E-state index contributed by atoms with van der Waals surface area (Å²) < 4.78 is 5.11. The average molecular weight is 217 g/mol. The van der Waals surface area contributed by atoms with Gasteiger partial charge in [-0.15, -0.1) is 0 Å². The maximum absolute atomic E-state index is 11.4. The number of methoxy groups -OCH3 is 1. The van der Waals surface area contributed by atoms with Crippen molar-refractivity contribution in [3.05, 3.63) is 0 Å². The molecule has 6 heteroatoms. The number of carbonyl (C=O) groups excluding carboxylic acids is 1. The van der Waals surface area contributed by atoms with E-state index < -0.39 is 5.60 Å². The third-order valence-electron chi connectivity index (χ3n) is 1.97. The highest BCUT2D eigenvalue weighted by atomic mass is 16.5. The van der Waals surface area contributed by atoms with Crippen LogP contribution in [0.5, 0.6) is 0 Å². The summed E-state index contributed by atoms with van der Waals surface area (Å²) in [7, 11) is 1.56. The summed E-state index contributed by atoms with van der Waals surface area (Å²) in [5, 5.41) is 13.7. The zero-order valence-electron chi connectivity index (χ0n) is 9.41. The monoisotopic (exact) mass is 217 g/mol. The summed E-state index contributed by atoms with van der Waals surface area (Å²) in [6.45, 7) is 4.01. The van der Waals surface area contributed by atoms with Crippen molar-refractivity contribution in [3.63, 3.8) is 0 Å². The molecule has 4 N–H and O–H groups in total. The van der Waals surface area contributed by atoms with Crippen molar-refractivity contribution in [1.82, 2.24) is 5.32 Å². The maximum Gasteiger partial charge on any atom is 0.222 e. The number of amidine groups is 1. The molecule has 0 saturated carbocycles. The molecule has 15 heavy (non-hydrogen) atoms. The van der Waals surface area contributed by atoms with Gasteiger partial charge in [0, 0.05) is 20.1 Å². The Morgan fingerprint density at radius 1 is 1.60 bits per heavy atom. The molecule has 0 bridgehead atoms. The fraction of sp³-hybridized carbons (Fsp3) is 0.778. The van der Waals surface area contributed by atoms with Crippen LogP contribution in [0.25, 0.3) is 0 Å². The van der Waals surface area contributed by atoms with Gasteiger partial charge in [-0.2, -0.15) is 0 Å². The molecule has 0 heterocycles. The molecule has 0 saturated heterocycles. The lowest BCUT2D eigenvalue weighted by molar-refractivity contribution is -0.126. The van der Waals surface area contributed by atoms with Gasteiger partial charge in [-0.1, -0.05) is 5.16 Å². The Morgan fingerprint density at radius 2 is 2.20 bits per heavy atom. The van der Waals surface area contributed by atoms with Crippen molar-refractivity contribution >= 4 is 11.7 Å². The fourth-order valence-corrected chi connectivity index (χ4v) is 0.901. The third kappa shape index (κ3) is 6.73. The highest BCUT2D eigenvalue weighted by Gasteiger charge is 2.20. The van der Waals surface area contributed by atoms with Gasteiger partial charge in [-0.3, -0.25) is 4.79 Å². The minimum absolute atomic E-state index is 0.0984. The number of nitrogens with zero attached hydrogens (tertiary/aromatic N) is 1. The van der Waals surface area contributed by atoms with Crippen LogP contribution in [-0.2, 0) is 9.53 Å². The molecule has 0 unspecified atom stereocenters. The predicted molar refractivity (Wildman–Crippen MR) is 56.7 cm³/mol. The van der Waals surface area contributed by atoms with Crippen molar-refractivity contribution in [2.75, 3.05) is 13.7 Å². The van der Waals surface area contributed by atoms with Crippen LogP contribution >= 0.6 is 0 Å². The maximum atomic E-state index is 11.4. The van der Waals surface area contributed by atoms with E-state index in [1.54, 1.807) is 7.11 Å². The van der Waals surface area contributed by atoms with E-state index in [1.807, 2.05) is 13.8 Å². The number of hydrogen-bond acceptors (Lipinski definition) is 4. The van der Waals surface area contributed by atoms with E-state index in [0.717, 1.165) is 0 Å². The van der Waals surface area contributed by atoms with E-state index in [-0.39, 0.29) is 18.2 Å². The highest BCUT2D eigenvalue weighted by Crippen LogP contribution is 2.11. The normalized spacial score (nSPS) is 12.6. The minimum atomic E-state index is -0.472. The van der Waals surface area contributed by atoms with Gasteiger partial charge in [0.15, 0.2) is 0 Å². The summed E-state index contributed by atoms with van der Waals surface area (Å²) in [5.74, 6) is -0.0195. The first kappa shape index (κ1) is 13.7. The fourth-order valence-electron chi connectivity index (χ4n) is 0.901. The number of amides is 1. The number of rotatable bonds is 6. The molecule has 0 aliphatic rings.